The van der Waals surface area contributed by atoms with Crippen molar-refractivity contribution in [3.63, 3.8) is 0 Å². The normalized spacial score (nSPS) is 11.7. The largest absolute Gasteiger partial charge is 0.491 e. The van der Waals surface area contributed by atoms with E-state index in [0.717, 1.165) is 11.1 Å². The Labute approximate surface area is 176 Å². The van der Waals surface area contributed by atoms with Crippen LogP contribution in [-0.2, 0) is 11.3 Å². The van der Waals surface area contributed by atoms with Crippen LogP contribution in [0.4, 0.5) is 13.2 Å². The molecular formula is C18H29F3IN3O2. The van der Waals surface area contributed by atoms with E-state index in [1.165, 1.54) is 0 Å². The molecule has 0 heterocycles. The summed E-state index contributed by atoms with van der Waals surface area (Å²) < 4.78 is 47.9. The molecule has 1 aromatic carbocycles. The Bertz CT molecular complexity index is 569. The molecule has 2 N–H and O–H groups in total. The summed E-state index contributed by atoms with van der Waals surface area (Å²) in [5.74, 6) is 1.05. The summed E-state index contributed by atoms with van der Waals surface area (Å²) in [5.41, 5.74) is 1.92. The number of nitrogens with one attached hydrogen (secondary N) is 2. The molecule has 0 saturated heterocycles. The summed E-state index contributed by atoms with van der Waals surface area (Å²) in [4.78, 5) is 4.35. The lowest BCUT2D eigenvalue weighted by Gasteiger charge is -2.14. The summed E-state index contributed by atoms with van der Waals surface area (Å²) in [5, 5.41) is 5.64. The number of alkyl halides is 3. The summed E-state index contributed by atoms with van der Waals surface area (Å²) in [7, 11) is 0. The average molecular weight is 503 g/mol. The van der Waals surface area contributed by atoms with Crippen molar-refractivity contribution in [3.8, 4) is 5.75 Å². The molecule has 1 aromatic rings. The Hall–Kier alpha value is -1.23. The lowest BCUT2D eigenvalue weighted by atomic mass is 10.1. The van der Waals surface area contributed by atoms with Crippen LogP contribution in [0.3, 0.4) is 0 Å². The quantitative estimate of drug-likeness (QED) is 0.219. The Morgan fingerprint density at radius 2 is 1.89 bits per heavy atom. The van der Waals surface area contributed by atoms with Crippen molar-refractivity contribution in [2.45, 2.75) is 39.9 Å². The monoisotopic (exact) mass is 503 g/mol. The highest BCUT2D eigenvalue weighted by Gasteiger charge is 2.26. The fourth-order valence-corrected chi connectivity index (χ4v) is 2.11. The number of aryl methyl sites for hydroxylation is 1. The van der Waals surface area contributed by atoms with Gasteiger partial charge in [-0.2, -0.15) is 13.2 Å². The zero-order valence-electron chi connectivity index (χ0n) is 16.0. The summed E-state index contributed by atoms with van der Waals surface area (Å²) >= 11 is 0. The topological polar surface area (TPSA) is 54.9 Å². The number of ether oxygens (including phenoxy) is 2. The second kappa shape index (κ2) is 13.9. The number of hydrogen-bond donors (Lipinski definition) is 2. The van der Waals surface area contributed by atoms with E-state index >= 15 is 0 Å². The second-order valence-corrected chi connectivity index (χ2v) is 5.64. The van der Waals surface area contributed by atoms with Gasteiger partial charge in [0.1, 0.15) is 12.4 Å². The van der Waals surface area contributed by atoms with Crippen molar-refractivity contribution in [1.29, 1.82) is 0 Å². The summed E-state index contributed by atoms with van der Waals surface area (Å²) in [6.45, 7) is 7.92. The molecule has 0 spiro atoms. The molecule has 1 rings (SSSR count). The van der Waals surface area contributed by atoms with Gasteiger partial charge in [-0.1, -0.05) is 12.1 Å². The average Bonchev–Trinajstić information content (AvgIpc) is 2.56. The van der Waals surface area contributed by atoms with Crippen LogP contribution in [0.1, 0.15) is 31.4 Å². The molecule has 0 amide bonds. The van der Waals surface area contributed by atoms with Gasteiger partial charge in [0.25, 0.3) is 0 Å². The first-order chi connectivity index (χ1) is 12.4. The zero-order valence-corrected chi connectivity index (χ0v) is 18.3. The molecule has 0 aliphatic rings. The molecule has 0 bridgehead atoms. The van der Waals surface area contributed by atoms with Crippen molar-refractivity contribution < 1.29 is 22.6 Å². The number of halogens is 4. The zero-order chi connectivity index (χ0) is 19.4. The molecule has 0 unspecified atom stereocenters. The van der Waals surface area contributed by atoms with E-state index in [1.807, 2.05) is 39.0 Å². The molecule has 5 nitrogen and oxygen atoms in total. The van der Waals surface area contributed by atoms with Gasteiger partial charge >= 0.3 is 6.18 Å². The first-order valence-corrected chi connectivity index (χ1v) is 8.74. The Morgan fingerprint density at radius 1 is 1.15 bits per heavy atom. The fourth-order valence-electron chi connectivity index (χ4n) is 2.11. The maximum Gasteiger partial charge on any atom is 0.390 e. The van der Waals surface area contributed by atoms with Crippen LogP contribution in [0.15, 0.2) is 23.2 Å². The molecule has 0 aliphatic heterocycles. The van der Waals surface area contributed by atoms with Gasteiger partial charge in [0.15, 0.2) is 5.96 Å². The highest BCUT2D eigenvalue weighted by molar-refractivity contribution is 14.0. The third-order valence-electron chi connectivity index (χ3n) is 3.36. The molecule has 0 aromatic heterocycles. The Balaban J connectivity index is 0.00000676. The van der Waals surface area contributed by atoms with E-state index in [2.05, 4.69) is 15.6 Å². The van der Waals surface area contributed by atoms with Crippen LogP contribution in [0, 0.1) is 6.92 Å². The summed E-state index contributed by atoms with van der Waals surface area (Å²) in [6, 6.07) is 5.78. The number of nitrogens with zero attached hydrogens (tertiary/aromatic N) is 1. The van der Waals surface area contributed by atoms with Crippen molar-refractivity contribution >= 4 is 29.9 Å². The lowest BCUT2D eigenvalue weighted by molar-refractivity contribution is -0.132. The lowest BCUT2D eigenvalue weighted by Crippen LogP contribution is -2.38. The van der Waals surface area contributed by atoms with Crippen LogP contribution in [0.2, 0.25) is 0 Å². The van der Waals surface area contributed by atoms with E-state index < -0.39 is 12.6 Å². The van der Waals surface area contributed by atoms with E-state index in [9.17, 15) is 13.2 Å². The third-order valence-corrected chi connectivity index (χ3v) is 3.36. The van der Waals surface area contributed by atoms with Gasteiger partial charge in [-0.15, -0.1) is 24.0 Å². The van der Waals surface area contributed by atoms with Crippen LogP contribution in [0.25, 0.3) is 0 Å². The Kier molecular flexibility index (Phi) is 13.2. The molecule has 0 radical (unpaired) electrons. The van der Waals surface area contributed by atoms with E-state index in [1.54, 1.807) is 0 Å². The van der Waals surface area contributed by atoms with E-state index in [0.29, 0.717) is 44.6 Å². The first-order valence-electron chi connectivity index (χ1n) is 8.74. The molecule has 27 heavy (non-hydrogen) atoms. The van der Waals surface area contributed by atoms with E-state index in [4.69, 9.17) is 9.47 Å². The fraction of sp³-hybridized carbons (Fsp3) is 0.611. The van der Waals surface area contributed by atoms with Crippen molar-refractivity contribution in [2.24, 2.45) is 4.99 Å². The molecule has 9 heteroatoms. The summed E-state index contributed by atoms with van der Waals surface area (Å²) in [6.07, 6.45) is -5.10. The molecule has 0 saturated carbocycles. The number of guanidine groups is 1. The van der Waals surface area contributed by atoms with Crippen molar-refractivity contribution in [3.05, 3.63) is 29.3 Å². The highest BCUT2D eigenvalue weighted by Crippen LogP contribution is 2.21. The highest BCUT2D eigenvalue weighted by atomic mass is 127. The van der Waals surface area contributed by atoms with Gasteiger partial charge in [-0.05, 0) is 32.4 Å². The van der Waals surface area contributed by atoms with Crippen LogP contribution >= 0.6 is 24.0 Å². The van der Waals surface area contributed by atoms with Crippen molar-refractivity contribution in [1.82, 2.24) is 10.6 Å². The second-order valence-electron chi connectivity index (χ2n) is 5.64. The SMILES string of the molecule is CCNC(=NCc1ccc(C)cc1OCCOCC)NCCC(F)(F)F.I. The van der Waals surface area contributed by atoms with Gasteiger partial charge in [0.2, 0.25) is 0 Å². The Morgan fingerprint density at radius 3 is 2.52 bits per heavy atom. The number of hydrogen-bond acceptors (Lipinski definition) is 3. The number of rotatable bonds is 10. The minimum Gasteiger partial charge on any atom is -0.491 e. The molecular weight excluding hydrogens is 474 g/mol. The molecule has 0 fully saturated rings. The number of aliphatic imine (C=N–C) groups is 1. The van der Waals surface area contributed by atoms with Gasteiger partial charge in [-0.3, -0.25) is 0 Å². The molecule has 0 atom stereocenters. The predicted molar refractivity (Wildman–Crippen MR) is 112 cm³/mol. The number of benzene rings is 1. The van der Waals surface area contributed by atoms with Gasteiger partial charge in [0.05, 0.1) is 19.6 Å². The third kappa shape index (κ3) is 12.0. The minimum absolute atomic E-state index is 0. The maximum atomic E-state index is 12.3. The molecule has 156 valence electrons. The van der Waals surface area contributed by atoms with Crippen LogP contribution in [0.5, 0.6) is 5.75 Å². The maximum absolute atomic E-state index is 12.3. The molecule has 0 aliphatic carbocycles. The van der Waals surface area contributed by atoms with Crippen molar-refractivity contribution in [2.75, 3.05) is 32.9 Å². The van der Waals surface area contributed by atoms with Crippen LogP contribution < -0.4 is 15.4 Å². The predicted octanol–water partition coefficient (Wildman–Crippen LogP) is 4.04. The van der Waals surface area contributed by atoms with Gasteiger partial charge in [0, 0.05) is 25.3 Å². The van der Waals surface area contributed by atoms with Gasteiger partial charge in [-0.25, -0.2) is 4.99 Å². The minimum atomic E-state index is -4.19. The van der Waals surface area contributed by atoms with Gasteiger partial charge < -0.3 is 20.1 Å². The standard InChI is InChI=1S/C18H28F3N3O2.HI/c1-4-22-17(23-9-8-18(19,20)21)24-13-15-7-6-14(3)12-16(15)26-11-10-25-5-2;/h6-7,12H,4-5,8-11,13H2,1-3H3,(H2,22,23,24);1H. The van der Waals surface area contributed by atoms with E-state index in [-0.39, 0.29) is 30.5 Å². The first kappa shape index (κ1) is 25.8. The smallest absolute Gasteiger partial charge is 0.390 e. The van der Waals surface area contributed by atoms with Crippen LogP contribution in [-0.4, -0.2) is 45.0 Å².